The Hall–Kier alpha value is -2.28. The van der Waals surface area contributed by atoms with Gasteiger partial charge in [-0.25, -0.2) is 4.79 Å². The lowest BCUT2D eigenvalue weighted by molar-refractivity contribution is -0.137. The van der Waals surface area contributed by atoms with Crippen LogP contribution in [-0.4, -0.2) is 36.1 Å². The molecule has 3 amide bonds. The fourth-order valence-electron chi connectivity index (χ4n) is 1.29. The van der Waals surface area contributed by atoms with Gasteiger partial charge in [-0.05, 0) is 24.6 Å². The molecule has 1 rings (SSSR count). The minimum absolute atomic E-state index is 0.321. The number of carbonyl (C=O) groups is 3. The van der Waals surface area contributed by atoms with Crippen LogP contribution >= 0.6 is 11.6 Å². The van der Waals surface area contributed by atoms with Crippen molar-refractivity contribution in [2.75, 3.05) is 18.4 Å². The molecule has 20 heavy (non-hydrogen) atoms. The van der Waals surface area contributed by atoms with Crippen molar-refractivity contribution < 1.29 is 19.5 Å². The number of carbonyl (C=O) groups excluding carboxylic acids is 2. The number of halogens is 1. The van der Waals surface area contributed by atoms with Crippen LogP contribution in [0, 0.1) is 6.92 Å². The topological polar surface area (TPSA) is 108 Å². The summed E-state index contributed by atoms with van der Waals surface area (Å²) in [6.07, 6.45) is 0. The third kappa shape index (κ3) is 5.57. The zero-order valence-corrected chi connectivity index (χ0v) is 11.5. The zero-order valence-electron chi connectivity index (χ0n) is 10.7. The van der Waals surface area contributed by atoms with Gasteiger partial charge in [0, 0.05) is 10.7 Å². The number of anilines is 1. The van der Waals surface area contributed by atoms with Gasteiger partial charge in [0.2, 0.25) is 5.91 Å². The van der Waals surface area contributed by atoms with Crippen molar-refractivity contribution in [1.29, 1.82) is 0 Å². The smallest absolute Gasteiger partial charge is 0.322 e. The zero-order chi connectivity index (χ0) is 15.1. The molecule has 0 radical (unpaired) electrons. The van der Waals surface area contributed by atoms with Gasteiger partial charge < -0.3 is 21.1 Å². The largest absolute Gasteiger partial charge is 0.480 e. The highest BCUT2D eigenvalue weighted by Gasteiger charge is 2.08. The van der Waals surface area contributed by atoms with Crippen molar-refractivity contribution in [3.05, 3.63) is 28.8 Å². The van der Waals surface area contributed by atoms with E-state index in [0.717, 1.165) is 5.56 Å². The number of amides is 3. The molecule has 0 saturated carbocycles. The van der Waals surface area contributed by atoms with Crippen LogP contribution in [0.4, 0.5) is 10.5 Å². The first-order valence-corrected chi connectivity index (χ1v) is 6.06. The summed E-state index contributed by atoms with van der Waals surface area (Å²) in [5, 5.41) is 15.8. The van der Waals surface area contributed by atoms with Crippen LogP contribution in [0.25, 0.3) is 0 Å². The third-order valence-electron chi connectivity index (χ3n) is 2.29. The molecule has 108 valence electrons. The van der Waals surface area contributed by atoms with E-state index in [4.69, 9.17) is 16.7 Å². The first-order chi connectivity index (χ1) is 9.38. The second kappa shape index (κ2) is 7.34. The Bertz CT molecular complexity index is 533. The van der Waals surface area contributed by atoms with Crippen LogP contribution in [0.1, 0.15) is 5.56 Å². The predicted molar refractivity (Wildman–Crippen MR) is 73.9 cm³/mol. The molecule has 1 aromatic carbocycles. The van der Waals surface area contributed by atoms with E-state index in [-0.39, 0.29) is 6.54 Å². The quantitative estimate of drug-likeness (QED) is 0.650. The summed E-state index contributed by atoms with van der Waals surface area (Å²) >= 11 is 5.81. The van der Waals surface area contributed by atoms with Gasteiger partial charge in [-0.15, -0.1) is 0 Å². The highest BCUT2D eigenvalue weighted by atomic mass is 35.5. The molecule has 0 atom stereocenters. The van der Waals surface area contributed by atoms with E-state index in [1.54, 1.807) is 25.1 Å². The Kier molecular flexibility index (Phi) is 5.79. The van der Waals surface area contributed by atoms with Crippen LogP contribution in [0.5, 0.6) is 0 Å². The number of carboxylic acid groups (broad SMARTS) is 1. The lowest BCUT2D eigenvalue weighted by atomic mass is 10.2. The first-order valence-electron chi connectivity index (χ1n) is 5.68. The number of hydrogen-bond acceptors (Lipinski definition) is 3. The number of nitrogens with one attached hydrogen (secondary N) is 3. The number of aryl methyl sites for hydroxylation is 1. The van der Waals surface area contributed by atoms with E-state index in [2.05, 4.69) is 16.0 Å². The molecule has 4 N–H and O–H groups in total. The molecule has 0 unspecified atom stereocenters. The molecule has 0 aliphatic rings. The van der Waals surface area contributed by atoms with E-state index < -0.39 is 24.5 Å². The number of urea groups is 1. The van der Waals surface area contributed by atoms with E-state index in [1.165, 1.54) is 0 Å². The molecular weight excluding hydrogens is 286 g/mol. The molecule has 0 bridgehead atoms. The van der Waals surface area contributed by atoms with E-state index in [9.17, 15) is 14.4 Å². The van der Waals surface area contributed by atoms with Gasteiger partial charge in [-0.2, -0.15) is 0 Å². The summed E-state index contributed by atoms with van der Waals surface area (Å²) in [6.45, 7) is 0.986. The average molecular weight is 300 g/mol. The standard InChI is InChI=1S/C12H14ClN3O4/c1-7-2-3-8(13)4-9(7)16-12(20)15-5-10(17)14-6-11(18)19/h2-4H,5-6H2,1H3,(H,14,17)(H,18,19)(H2,15,16,20). The van der Waals surface area contributed by atoms with Crippen molar-refractivity contribution in [3.8, 4) is 0 Å². The fraction of sp³-hybridized carbons (Fsp3) is 0.250. The maximum atomic E-state index is 11.6. The lowest BCUT2D eigenvalue weighted by Gasteiger charge is -2.10. The van der Waals surface area contributed by atoms with Gasteiger partial charge in [-0.3, -0.25) is 9.59 Å². The maximum Gasteiger partial charge on any atom is 0.322 e. The highest BCUT2D eigenvalue weighted by Crippen LogP contribution is 2.19. The molecule has 7 nitrogen and oxygen atoms in total. The monoisotopic (exact) mass is 299 g/mol. The van der Waals surface area contributed by atoms with Crippen molar-refractivity contribution in [2.45, 2.75) is 6.92 Å². The molecule has 0 fully saturated rings. The molecule has 0 saturated heterocycles. The average Bonchev–Trinajstić information content (AvgIpc) is 2.38. The van der Waals surface area contributed by atoms with E-state index in [1.807, 2.05) is 0 Å². The number of rotatable bonds is 5. The minimum Gasteiger partial charge on any atom is -0.480 e. The molecule has 0 spiro atoms. The Balaban J connectivity index is 2.42. The molecular formula is C12H14ClN3O4. The normalized spacial score (nSPS) is 9.70. The summed E-state index contributed by atoms with van der Waals surface area (Å²) < 4.78 is 0. The molecule has 1 aromatic rings. The minimum atomic E-state index is -1.16. The van der Waals surface area contributed by atoms with Crippen molar-refractivity contribution in [1.82, 2.24) is 10.6 Å². The van der Waals surface area contributed by atoms with Crippen LogP contribution in [0.3, 0.4) is 0 Å². The summed E-state index contributed by atoms with van der Waals surface area (Å²) in [5.41, 5.74) is 1.35. The SMILES string of the molecule is Cc1ccc(Cl)cc1NC(=O)NCC(=O)NCC(=O)O. The van der Waals surface area contributed by atoms with Crippen molar-refractivity contribution in [2.24, 2.45) is 0 Å². The Morgan fingerprint density at radius 1 is 1.20 bits per heavy atom. The van der Waals surface area contributed by atoms with Gasteiger partial charge in [0.1, 0.15) is 6.54 Å². The molecule has 8 heteroatoms. The highest BCUT2D eigenvalue weighted by molar-refractivity contribution is 6.31. The summed E-state index contributed by atoms with van der Waals surface area (Å²) in [5.74, 6) is -1.75. The number of hydrogen-bond donors (Lipinski definition) is 4. The van der Waals surface area contributed by atoms with Gasteiger partial charge >= 0.3 is 12.0 Å². The van der Waals surface area contributed by atoms with Crippen molar-refractivity contribution >= 4 is 35.2 Å². The summed E-state index contributed by atoms with van der Waals surface area (Å²) in [6, 6.07) is 4.44. The molecule has 0 aliphatic heterocycles. The summed E-state index contributed by atoms with van der Waals surface area (Å²) in [4.78, 5) is 33.0. The fourth-order valence-corrected chi connectivity index (χ4v) is 1.46. The second-order valence-corrected chi connectivity index (χ2v) is 4.37. The molecule has 0 aromatic heterocycles. The second-order valence-electron chi connectivity index (χ2n) is 3.94. The van der Waals surface area contributed by atoms with Crippen LogP contribution in [0.2, 0.25) is 5.02 Å². The Labute approximate surface area is 120 Å². The summed E-state index contributed by atoms with van der Waals surface area (Å²) in [7, 11) is 0. The Morgan fingerprint density at radius 3 is 2.55 bits per heavy atom. The van der Waals surface area contributed by atoms with Crippen LogP contribution in [-0.2, 0) is 9.59 Å². The van der Waals surface area contributed by atoms with E-state index in [0.29, 0.717) is 10.7 Å². The first kappa shape index (κ1) is 15.8. The number of aliphatic carboxylic acids is 1. The van der Waals surface area contributed by atoms with Crippen molar-refractivity contribution in [3.63, 3.8) is 0 Å². The molecule has 0 aliphatic carbocycles. The van der Waals surface area contributed by atoms with Crippen LogP contribution < -0.4 is 16.0 Å². The lowest BCUT2D eigenvalue weighted by Crippen LogP contribution is -2.40. The number of benzene rings is 1. The molecule has 0 heterocycles. The van der Waals surface area contributed by atoms with Gasteiger partial charge in [0.05, 0.1) is 6.54 Å². The van der Waals surface area contributed by atoms with Gasteiger partial charge in [-0.1, -0.05) is 17.7 Å². The number of carboxylic acids is 1. The van der Waals surface area contributed by atoms with Crippen LogP contribution in [0.15, 0.2) is 18.2 Å². The Morgan fingerprint density at radius 2 is 1.90 bits per heavy atom. The third-order valence-corrected chi connectivity index (χ3v) is 2.53. The van der Waals surface area contributed by atoms with E-state index >= 15 is 0 Å². The van der Waals surface area contributed by atoms with Gasteiger partial charge in [0.25, 0.3) is 0 Å². The predicted octanol–water partition coefficient (Wildman–Crippen LogP) is 0.971. The maximum absolute atomic E-state index is 11.6. The van der Waals surface area contributed by atoms with Gasteiger partial charge in [0.15, 0.2) is 0 Å².